The molecule has 1 aliphatic rings. The number of fused-ring (bicyclic) bond motifs is 8. The second-order valence-electron chi connectivity index (χ2n) is 15.8. The first-order valence-electron chi connectivity index (χ1n) is 20.6. The van der Waals surface area contributed by atoms with Crippen LogP contribution in [-0.2, 0) is 0 Å². The van der Waals surface area contributed by atoms with Crippen molar-refractivity contribution < 1.29 is 0 Å². The van der Waals surface area contributed by atoms with Gasteiger partial charge in [-0.15, -0.1) is 0 Å². The van der Waals surface area contributed by atoms with Gasteiger partial charge in [0.2, 0.25) is 0 Å². The molecule has 9 aromatic carbocycles. The summed E-state index contributed by atoms with van der Waals surface area (Å²) in [5.74, 6) is 0. The zero-order valence-corrected chi connectivity index (χ0v) is 32.9. The summed E-state index contributed by atoms with van der Waals surface area (Å²) in [6, 6.07) is 73.6. The van der Waals surface area contributed by atoms with Crippen LogP contribution >= 0.6 is 0 Å². The van der Waals surface area contributed by atoms with Gasteiger partial charge in [-0.25, -0.2) is 4.85 Å². The summed E-state index contributed by atoms with van der Waals surface area (Å²) in [4.78, 5) is 3.84. The number of aromatic nitrogens is 2. The quantitative estimate of drug-likeness (QED) is 0.127. The molecule has 0 unspecified atom stereocenters. The number of rotatable bonds is 5. The van der Waals surface area contributed by atoms with E-state index >= 15 is 0 Å². The van der Waals surface area contributed by atoms with E-state index in [0.717, 1.165) is 105 Å². The molecule has 12 rings (SSSR count). The average Bonchev–Trinajstić information content (AvgIpc) is 3.85. The van der Waals surface area contributed by atoms with Crippen molar-refractivity contribution in [3.8, 4) is 56.3 Å². The molecule has 0 aliphatic carbocycles. The van der Waals surface area contributed by atoms with Crippen molar-refractivity contribution in [3.63, 3.8) is 0 Å². The molecule has 0 bridgehead atoms. The molecule has 0 saturated carbocycles. The van der Waals surface area contributed by atoms with Gasteiger partial charge in [0.05, 0.1) is 23.7 Å². The molecular weight excluding hydrogens is 739 g/mol. The lowest BCUT2D eigenvalue weighted by molar-refractivity contribution is 1.18. The summed E-state index contributed by atoms with van der Waals surface area (Å²) in [5.41, 5.74) is 17.5. The molecule has 0 atom stereocenters. The Balaban J connectivity index is 1.34. The maximum absolute atomic E-state index is 11.2. The molecule has 0 radical (unpaired) electrons. The summed E-state index contributed by atoms with van der Waals surface area (Å²) in [6.07, 6.45) is 0. The molecule has 280 valence electrons. The fourth-order valence-electron chi connectivity index (χ4n) is 10.00. The van der Waals surface area contributed by atoms with Crippen molar-refractivity contribution in [3.05, 3.63) is 217 Å². The van der Waals surface area contributed by atoms with E-state index in [-0.39, 0.29) is 0 Å². The van der Waals surface area contributed by atoms with Crippen LogP contribution in [0.25, 0.3) is 98.7 Å². The van der Waals surface area contributed by atoms with E-state index in [9.17, 15) is 5.26 Å². The van der Waals surface area contributed by atoms with Crippen molar-refractivity contribution in [1.82, 2.24) is 9.05 Å². The highest BCUT2D eigenvalue weighted by atomic mass is 15.0. The van der Waals surface area contributed by atoms with Gasteiger partial charge >= 0.3 is 6.85 Å². The summed E-state index contributed by atoms with van der Waals surface area (Å²) in [6.45, 7) is 7.52. The SMILES string of the molecule is [C-]#[N+]c1ccc2c3ccc(C#N)c4c3n(c2c1)-c1ccccc1B4n1c2c(-c3ccccc3)cc(-c3ccccc3)cc2c2cc(-c3ccccc3)cc(-c3ccccc3)c21. The van der Waals surface area contributed by atoms with Gasteiger partial charge in [0, 0.05) is 54.9 Å². The minimum atomic E-state index is -0.401. The maximum Gasteiger partial charge on any atom is 0.333 e. The highest BCUT2D eigenvalue weighted by molar-refractivity contribution is 6.89. The topological polar surface area (TPSA) is 38.0 Å². The van der Waals surface area contributed by atoms with Gasteiger partial charge in [0.1, 0.15) is 0 Å². The highest BCUT2D eigenvalue weighted by Gasteiger charge is 2.39. The molecule has 5 heteroatoms. The first kappa shape index (κ1) is 34.6. The standard InChI is InChI=1S/C56H33BN4/c1-59-43-27-29-44-45-28-26-40(35-58)53-56(45)60(52(44)34-43)51-25-15-14-24-50(51)57(53)61-54-46(38-20-10-4-11-21-38)30-41(36-16-6-2-7-17-36)32-48(54)49-33-42(37-18-8-3-9-19-37)31-47(55(49)61)39-22-12-5-13-23-39/h2-34H. The fourth-order valence-corrected chi connectivity index (χ4v) is 10.00. The molecule has 11 aromatic rings. The van der Waals surface area contributed by atoms with Gasteiger partial charge < -0.3 is 9.05 Å². The molecule has 2 aromatic heterocycles. The van der Waals surface area contributed by atoms with E-state index in [2.05, 4.69) is 202 Å². The van der Waals surface area contributed by atoms with E-state index in [1.165, 1.54) is 0 Å². The Bertz CT molecular complexity index is 3510. The van der Waals surface area contributed by atoms with Crippen LogP contribution in [0.1, 0.15) is 5.56 Å². The molecule has 0 fully saturated rings. The molecule has 1 aliphatic heterocycles. The molecule has 4 nitrogen and oxygen atoms in total. The largest absolute Gasteiger partial charge is 0.375 e. The zero-order chi connectivity index (χ0) is 40.6. The third-order valence-electron chi connectivity index (χ3n) is 12.6. The Labute approximate surface area is 353 Å². The van der Waals surface area contributed by atoms with Gasteiger partial charge in [-0.1, -0.05) is 158 Å². The van der Waals surface area contributed by atoms with Crippen molar-refractivity contribution >= 4 is 67.1 Å². The number of benzene rings is 9. The maximum atomic E-state index is 11.2. The zero-order valence-electron chi connectivity index (χ0n) is 32.9. The van der Waals surface area contributed by atoms with Crippen LogP contribution < -0.4 is 10.9 Å². The molecular formula is C56H33BN4. The van der Waals surface area contributed by atoms with Crippen molar-refractivity contribution in [2.75, 3.05) is 0 Å². The number of nitrogens with zero attached hydrogens (tertiary/aromatic N) is 4. The van der Waals surface area contributed by atoms with Crippen LogP contribution in [0.15, 0.2) is 200 Å². The number of hydrogen-bond acceptors (Lipinski definition) is 1. The molecule has 61 heavy (non-hydrogen) atoms. The number of nitriles is 1. The lowest BCUT2D eigenvalue weighted by Crippen LogP contribution is -2.54. The van der Waals surface area contributed by atoms with Crippen LogP contribution in [0.5, 0.6) is 0 Å². The number of para-hydroxylation sites is 1. The van der Waals surface area contributed by atoms with Crippen molar-refractivity contribution in [2.45, 2.75) is 0 Å². The summed E-state index contributed by atoms with van der Waals surface area (Å²) >= 11 is 0. The van der Waals surface area contributed by atoms with Gasteiger partial charge in [-0.2, -0.15) is 5.26 Å². The van der Waals surface area contributed by atoms with E-state index < -0.39 is 6.85 Å². The summed E-state index contributed by atoms with van der Waals surface area (Å²) < 4.78 is 4.87. The minimum absolute atomic E-state index is 0.401. The normalized spacial score (nSPS) is 11.9. The third kappa shape index (κ3) is 5.18. The van der Waals surface area contributed by atoms with Crippen LogP contribution in [0.4, 0.5) is 5.69 Å². The Morgan fingerprint density at radius 3 is 1.51 bits per heavy atom. The van der Waals surface area contributed by atoms with Crippen LogP contribution in [0, 0.1) is 17.9 Å². The Morgan fingerprint density at radius 2 is 0.967 bits per heavy atom. The lowest BCUT2D eigenvalue weighted by atomic mass is 9.47. The molecule has 0 saturated heterocycles. The van der Waals surface area contributed by atoms with Gasteiger partial charge in [0.15, 0.2) is 5.69 Å². The summed E-state index contributed by atoms with van der Waals surface area (Å²) in [7, 11) is 0. The third-order valence-corrected chi connectivity index (χ3v) is 12.6. The van der Waals surface area contributed by atoms with E-state index in [1.807, 2.05) is 18.2 Å². The lowest BCUT2D eigenvalue weighted by Gasteiger charge is -2.30. The second kappa shape index (κ2) is 13.6. The Hall–Kier alpha value is -8.38. The van der Waals surface area contributed by atoms with Gasteiger partial charge in [-0.05, 0) is 86.8 Å². The Kier molecular flexibility index (Phi) is 7.73. The van der Waals surface area contributed by atoms with Crippen LogP contribution in [0.2, 0.25) is 0 Å². The average molecular weight is 773 g/mol. The van der Waals surface area contributed by atoms with E-state index in [4.69, 9.17) is 6.57 Å². The molecule has 0 amide bonds. The van der Waals surface area contributed by atoms with Crippen LogP contribution in [0.3, 0.4) is 0 Å². The molecule has 0 N–H and O–H groups in total. The monoisotopic (exact) mass is 772 g/mol. The predicted octanol–water partition coefficient (Wildman–Crippen LogP) is 12.9. The second-order valence-corrected chi connectivity index (χ2v) is 15.8. The smallest absolute Gasteiger partial charge is 0.333 e. The van der Waals surface area contributed by atoms with E-state index in [0.29, 0.717) is 11.3 Å². The summed E-state index contributed by atoms with van der Waals surface area (Å²) in [5, 5.41) is 15.5. The first-order chi connectivity index (χ1) is 30.2. The number of hydrogen-bond donors (Lipinski definition) is 0. The van der Waals surface area contributed by atoms with E-state index in [1.54, 1.807) is 0 Å². The minimum Gasteiger partial charge on any atom is -0.375 e. The van der Waals surface area contributed by atoms with Gasteiger partial charge in [0.25, 0.3) is 0 Å². The van der Waals surface area contributed by atoms with Crippen molar-refractivity contribution in [2.24, 2.45) is 0 Å². The first-order valence-corrected chi connectivity index (χ1v) is 20.6. The molecule has 0 spiro atoms. The molecule has 3 heterocycles. The fraction of sp³-hybridized carbons (Fsp3) is 0. The predicted molar refractivity (Wildman–Crippen MR) is 253 cm³/mol. The highest BCUT2D eigenvalue weighted by Crippen LogP contribution is 2.46. The van der Waals surface area contributed by atoms with Gasteiger partial charge in [-0.3, -0.25) is 0 Å². The van der Waals surface area contributed by atoms with Crippen LogP contribution in [-0.4, -0.2) is 15.9 Å². The van der Waals surface area contributed by atoms with Crippen molar-refractivity contribution in [1.29, 1.82) is 5.26 Å². The Morgan fingerprint density at radius 1 is 0.459 bits per heavy atom.